The molecule has 0 radical (unpaired) electrons. The Hall–Kier alpha value is -1.42. The summed E-state index contributed by atoms with van der Waals surface area (Å²) in [5.41, 5.74) is 4.06. The van der Waals surface area contributed by atoms with Crippen LogP contribution in [0.3, 0.4) is 0 Å². The topological polar surface area (TPSA) is 23.1 Å². The van der Waals surface area contributed by atoms with E-state index in [1.807, 2.05) is 48.5 Å². The van der Waals surface area contributed by atoms with Gasteiger partial charge in [-0.1, -0.05) is 60.4 Å². The zero-order chi connectivity index (χ0) is 11.7. The van der Waals surface area contributed by atoms with Crippen molar-refractivity contribution in [3.63, 3.8) is 0 Å². The van der Waals surface area contributed by atoms with Crippen LogP contribution in [0.25, 0.3) is 11.3 Å². The first-order chi connectivity index (χ1) is 8.36. The third-order valence-corrected chi connectivity index (χ3v) is 3.30. The van der Waals surface area contributed by atoms with E-state index in [2.05, 4.69) is 6.07 Å². The molecule has 0 saturated carbocycles. The molecule has 0 atom stereocenters. The van der Waals surface area contributed by atoms with Gasteiger partial charge < -0.3 is 5.11 Å². The molecule has 0 amide bonds. The summed E-state index contributed by atoms with van der Waals surface area (Å²) in [5.74, 6) is 0.193. The van der Waals surface area contributed by atoms with E-state index in [9.17, 15) is 5.11 Å². The second-order valence-electron chi connectivity index (χ2n) is 4.33. The van der Waals surface area contributed by atoms with Gasteiger partial charge in [-0.25, -0.2) is 0 Å². The van der Waals surface area contributed by atoms with Crippen molar-refractivity contribution in [1.29, 1.82) is 0 Å². The monoisotopic (exact) mass is 228 g/mol. The number of fused-ring (bicyclic) bond motifs is 1. The molecule has 0 aromatic heterocycles. The number of hydrogen-bond donors (Lipinski definition) is 0. The van der Waals surface area contributed by atoms with Crippen molar-refractivity contribution in [1.82, 2.24) is 0 Å². The second kappa shape index (κ2) is 5.48. The number of rotatable bonds is 1. The van der Waals surface area contributed by atoms with Crippen LogP contribution in [0.15, 0.2) is 54.6 Å². The predicted octanol–water partition coefficient (Wildman–Crippen LogP) is -0.135. The maximum atomic E-state index is 12.4. The Labute approximate surface area is 119 Å². The molecule has 2 aromatic carbocycles. The second-order valence-corrected chi connectivity index (χ2v) is 4.33. The fourth-order valence-corrected chi connectivity index (χ4v) is 2.41. The molecule has 0 saturated heterocycles. The van der Waals surface area contributed by atoms with E-state index in [-0.39, 0.29) is 24.6 Å². The summed E-state index contributed by atoms with van der Waals surface area (Å²) in [6, 6.07) is 17.9. The Morgan fingerprint density at radius 2 is 1.44 bits per heavy atom. The van der Waals surface area contributed by atoms with Gasteiger partial charge in [-0.3, -0.25) is 0 Å². The molecule has 0 unspecified atom stereocenters. The van der Waals surface area contributed by atoms with Crippen molar-refractivity contribution in [2.75, 3.05) is 0 Å². The van der Waals surface area contributed by atoms with Gasteiger partial charge in [0.2, 0.25) is 0 Å². The number of benzene rings is 2. The van der Waals surface area contributed by atoms with E-state index >= 15 is 0 Å². The molecule has 0 N–H and O–H groups in total. The molecule has 3 rings (SSSR count). The third kappa shape index (κ3) is 2.25. The first kappa shape index (κ1) is 13.0. The zero-order valence-corrected chi connectivity index (χ0v) is 10.5. The van der Waals surface area contributed by atoms with E-state index < -0.39 is 0 Å². The molecule has 0 spiro atoms. The molecule has 0 heterocycles. The Kier molecular flexibility index (Phi) is 3.96. The standard InChI is InChI=1S/C16H14O.Li/c17-16-14-9-5-4-8-13(14)10-11-15(16)12-6-2-1-3-7-12;/h1-9,17H,10-11H2;/q;+1/p-1. The molecule has 18 heavy (non-hydrogen) atoms. The van der Waals surface area contributed by atoms with Gasteiger partial charge in [0, 0.05) is 0 Å². The van der Waals surface area contributed by atoms with Crippen LogP contribution >= 0.6 is 0 Å². The molecule has 0 bridgehead atoms. The molecule has 0 fully saturated rings. The van der Waals surface area contributed by atoms with Crippen LogP contribution in [0.5, 0.6) is 0 Å². The molecule has 1 nitrogen and oxygen atoms in total. The van der Waals surface area contributed by atoms with E-state index in [4.69, 9.17) is 0 Å². The van der Waals surface area contributed by atoms with Crippen molar-refractivity contribution >= 4 is 11.3 Å². The van der Waals surface area contributed by atoms with Crippen molar-refractivity contribution in [3.8, 4) is 0 Å². The first-order valence-corrected chi connectivity index (χ1v) is 5.90. The van der Waals surface area contributed by atoms with Gasteiger partial charge in [0.15, 0.2) is 0 Å². The van der Waals surface area contributed by atoms with Gasteiger partial charge in [0.1, 0.15) is 0 Å². The minimum absolute atomic E-state index is 0. The van der Waals surface area contributed by atoms with Crippen molar-refractivity contribution in [2.45, 2.75) is 12.8 Å². The predicted molar refractivity (Wildman–Crippen MR) is 68.0 cm³/mol. The Bertz CT molecular complexity index is 573. The van der Waals surface area contributed by atoms with Gasteiger partial charge in [0.25, 0.3) is 0 Å². The van der Waals surface area contributed by atoms with E-state index in [0.29, 0.717) is 0 Å². The Balaban J connectivity index is 0.00000120. The number of allylic oxidation sites excluding steroid dienone is 1. The van der Waals surface area contributed by atoms with Gasteiger partial charge >= 0.3 is 18.9 Å². The fourth-order valence-electron chi connectivity index (χ4n) is 2.41. The van der Waals surface area contributed by atoms with Crippen LogP contribution in [0, 0.1) is 0 Å². The van der Waals surface area contributed by atoms with Gasteiger partial charge in [-0.05, 0) is 35.1 Å². The average Bonchev–Trinajstić information content (AvgIpc) is 2.40. The number of hydrogen-bond acceptors (Lipinski definition) is 1. The van der Waals surface area contributed by atoms with Crippen LogP contribution in [0.4, 0.5) is 0 Å². The van der Waals surface area contributed by atoms with Gasteiger partial charge in [-0.15, -0.1) is 0 Å². The van der Waals surface area contributed by atoms with E-state index in [0.717, 1.165) is 29.5 Å². The molecular weight excluding hydrogens is 215 g/mol. The molecule has 84 valence electrons. The molecular formula is C16H13LiO. The molecule has 1 aliphatic rings. The van der Waals surface area contributed by atoms with Crippen LogP contribution in [-0.2, 0) is 6.42 Å². The summed E-state index contributed by atoms with van der Waals surface area (Å²) in [7, 11) is 0. The summed E-state index contributed by atoms with van der Waals surface area (Å²) >= 11 is 0. The molecule has 0 aliphatic heterocycles. The van der Waals surface area contributed by atoms with E-state index in [1.165, 1.54) is 5.56 Å². The average molecular weight is 228 g/mol. The first-order valence-electron chi connectivity index (χ1n) is 5.90. The molecule has 2 heteroatoms. The van der Waals surface area contributed by atoms with Crippen LogP contribution in [0.1, 0.15) is 23.1 Å². The molecule has 2 aromatic rings. The summed E-state index contributed by atoms with van der Waals surface area (Å²) in [6.07, 6.45) is 1.81. The smallest absolute Gasteiger partial charge is 0.872 e. The number of aryl methyl sites for hydroxylation is 1. The largest absolute Gasteiger partial charge is 1.00 e. The van der Waals surface area contributed by atoms with Gasteiger partial charge in [-0.2, -0.15) is 0 Å². The molecule has 1 aliphatic carbocycles. The summed E-state index contributed by atoms with van der Waals surface area (Å²) in [6.45, 7) is 0. The SMILES string of the molecule is [Li+].[O-]C1=C(c2ccccc2)CCc2ccccc21. The van der Waals surface area contributed by atoms with Crippen molar-refractivity contribution in [3.05, 3.63) is 71.3 Å². The quantitative estimate of drug-likeness (QED) is 0.623. The summed E-state index contributed by atoms with van der Waals surface area (Å²) in [4.78, 5) is 0. The van der Waals surface area contributed by atoms with Crippen LogP contribution < -0.4 is 24.0 Å². The van der Waals surface area contributed by atoms with Crippen LogP contribution in [-0.4, -0.2) is 0 Å². The minimum Gasteiger partial charge on any atom is -0.872 e. The normalized spacial score (nSPS) is 13.8. The van der Waals surface area contributed by atoms with Gasteiger partial charge in [0.05, 0.1) is 0 Å². The minimum atomic E-state index is 0. The van der Waals surface area contributed by atoms with Crippen molar-refractivity contribution in [2.24, 2.45) is 0 Å². The maximum Gasteiger partial charge on any atom is 1.00 e. The third-order valence-electron chi connectivity index (χ3n) is 3.30. The maximum absolute atomic E-state index is 12.4. The fraction of sp³-hybridized carbons (Fsp3) is 0.125. The van der Waals surface area contributed by atoms with Crippen molar-refractivity contribution < 1.29 is 24.0 Å². The summed E-state index contributed by atoms with van der Waals surface area (Å²) < 4.78 is 0. The van der Waals surface area contributed by atoms with E-state index in [1.54, 1.807) is 0 Å². The zero-order valence-electron chi connectivity index (χ0n) is 10.5. The summed E-state index contributed by atoms with van der Waals surface area (Å²) in [5, 5.41) is 12.4. The Morgan fingerprint density at radius 3 is 2.22 bits per heavy atom. The van der Waals surface area contributed by atoms with Crippen LogP contribution in [0.2, 0.25) is 0 Å². The Morgan fingerprint density at radius 1 is 0.778 bits per heavy atom.